The summed E-state index contributed by atoms with van der Waals surface area (Å²) in [5.41, 5.74) is 1.04. The second-order valence-electron chi connectivity index (χ2n) is 6.18. The predicted octanol–water partition coefficient (Wildman–Crippen LogP) is 3.12. The molecule has 0 aromatic heterocycles. The van der Waals surface area contributed by atoms with E-state index in [1.807, 2.05) is 47.4 Å². The van der Waals surface area contributed by atoms with Crippen LogP contribution >= 0.6 is 11.8 Å². The molecule has 2 aromatic carbocycles. The molecule has 2 aliphatic rings. The van der Waals surface area contributed by atoms with Crippen molar-refractivity contribution in [3.8, 4) is 23.0 Å². The van der Waals surface area contributed by atoms with E-state index in [4.69, 9.17) is 18.9 Å². The lowest BCUT2D eigenvalue weighted by Gasteiger charge is -2.26. The molecule has 0 bridgehead atoms. The fourth-order valence-electron chi connectivity index (χ4n) is 3.12. The van der Waals surface area contributed by atoms with Crippen LogP contribution in [0.25, 0.3) is 0 Å². The second-order valence-corrected chi connectivity index (χ2v) is 7.25. The number of amides is 1. The van der Waals surface area contributed by atoms with Crippen LogP contribution in [0.15, 0.2) is 42.5 Å². The van der Waals surface area contributed by atoms with E-state index < -0.39 is 0 Å². The fourth-order valence-corrected chi connectivity index (χ4v) is 4.33. The minimum atomic E-state index is -0.0345. The van der Waals surface area contributed by atoms with E-state index in [0.29, 0.717) is 32.1 Å². The van der Waals surface area contributed by atoms with Crippen molar-refractivity contribution in [2.24, 2.45) is 0 Å². The summed E-state index contributed by atoms with van der Waals surface area (Å²) in [7, 11) is 1.63. The molecule has 2 aliphatic heterocycles. The van der Waals surface area contributed by atoms with Crippen molar-refractivity contribution in [2.75, 3.05) is 39.2 Å². The third-order valence-electron chi connectivity index (χ3n) is 4.48. The molecule has 1 saturated heterocycles. The molecule has 0 N–H and O–H groups in total. The Bertz CT molecular complexity index is 811. The van der Waals surface area contributed by atoms with Crippen LogP contribution in [-0.2, 0) is 4.79 Å². The first kappa shape index (κ1) is 17.9. The zero-order valence-electron chi connectivity index (χ0n) is 15.1. The van der Waals surface area contributed by atoms with Gasteiger partial charge >= 0.3 is 0 Å². The van der Waals surface area contributed by atoms with Gasteiger partial charge in [-0.1, -0.05) is 6.07 Å². The van der Waals surface area contributed by atoms with Gasteiger partial charge < -0.3 is 23.8 Å². The van der Waals surface area contributed by atoms with Gasteiger partial charge in [-0.15, -0.1) is 11.8 Å². The van der Waals surface area contributed by atoms with E-state index in [0.717, 1.165) is 28.6 Å². The summed E-state index contributed by atoms with van der Waals surface area (Å²) >= 11 is 1.62. The van der Waals surface area contributed by atoms with E-state index in [-0.39, 0.29) is 11.3 Å². The van der Waals surface area contributed by atoms with Gasteiger partial charge in [-0.3, -0.25) is 4.79 Å². The Labute approximate surface area is 162 Å². The van der Waals surface area contributed by atoms with E-state index in [1.165, 1.54) is 0 Å². The number of nitrogens with zero attached hydrogens (tertiary/aromatic N) is 1. The standard InChI is InChI=1S/C20H21NO5S/c1-23-15-3-5-16(6-4-15)24-9-8-21-19(22)13-27-20(21)14-2-7-17-18(12-14)26-11-10-25-17/h2-7,12,20H,8-11,13H2,1H3. The number of hydrogen-bond donors (Lipinski definition) is 0. The van der Waals surface area contributed by atoms with Crippen LogP contribution in [0.3, 0.4) is 0 Å². The van der Waals surface area contributed by atoms with Gasteiger partial charge in [0.15, 0.2) is 11.5 Å². The number of hydrogen-bond acceptors (Lipinski definition) is 6. The maximum absolute atomic E-state index is 12.3. The van der Waals surface area contributed by atoms with E-state index in [2.05, 4.69) is 0 Å². The van der Waals surface area contributed by atoms with Gasteiger partial charge in [0, 0.05) is 0 Å². The van der Waals surface area contributed by atoms with Crippen molar-refractivity contribution in [2.45, 2.75) is 5.37 Å². The van der Waals surface area contributed by atoms with Gasteiger partial charge in [0.25, 0.3) is 0 Å². The molecule has 1 unspecified atom stereocenters. The number of carbonyl (C=O) groups excluding carboxylic acids is 1. The minimum absolute atomic E-state index is 0.0345. The minimum Gasteiger partial charge on any atom is -0.497 e. The van der Waals surface area contributed by atoms with Crippen molar-refractivity contribution in [3.63, 3.8) is 0 Å². The quantitative estimate of drug-likeness (QED) is 0.759. The Kier molecular flexibility index (Phi) is 5.29. The van der Waals surface area contributed by atoms with Crippen molar-refractivity contribution in [1.29, 1.82) is 0 Å². The number of carbonyl (C=O) groups is 1. The van der Waals surface area contributed by atoms with E-state index in [1.54, 1.807) is 18.9 Å². The molecule has 2 aromatic rings. The molecular weight excluding hydrogens is 366 g/mol. The number of benzene rings is 2. The van der Waals surface area contributed by atoms with E-state index in [9.17, 15) is 4.79 Å². The molecule has 7 heteroatoms. The highest BCUT2D eigenvalue weighted by Crippen LogP contribution is 2.42. The van der Waals surface area contributed by atoms with Crippen molar-refractivity contribution >= 4 is 17.7 Å². The summed E-state index contributed by atoms with van der Waals surface area (Å²) in [6.07, 6.45) is 0. The number of fused-ring (bicyclic) bond motifs is 1. The highest BCUT2D eigenvalue weighted by molar-refractivity contribution is 8.00. The first-order valence-electron chi connectivity index (χ1n) is 8.82. The van der Waals surface area contributed by atoms with Crippen LogP contribution in [-0.4, -0.2) is 50.0 Å². The Hall–Kier alpha value is -2.54. The highest BCUT2D eigenvalue weighted by atomic mass is 32.2. The average Bonchev–Trinajstić information content (AvgIpc) is 3.08. The van der Waals surface area contributed by atoms with Crippen LogP contribution < -0.4 is 18.9 Å². The maximum Gasteiger partial charge on any atom is 0.233 e. The van der Waals surface area contributed by atoms with Gasteiger partial charge in [0.1, 0.15) is 36.7 Å². The first-order valence-corrected chi connectivity index (χ1v) is 9.87. The second kappa shape index (κ2) is 8.00. The van der Waals surface area contributed by atoms with Gasteiger partial charge in [-0.05, 0) is 42.0 Å². The smallest absolute Gasteiger partial charge is 0.233 e. The van der Waals surface area contributed by atoms with Gasteiger partial charge in [-0.2, -0.15) is 0 Å². The lowest BCUT2D eigenvalue weighted by atomic mass is 10.1. The van der Waals surface area contributed by atoms with Crippen LogP contribution in [0, 0.1) is 0 Å². The molecular formula is C20H21NO5S. The SMILES string of the molecule is COc1ccc(OCCN2C(=O)CSC2c2ccc3c(c2)OCCO3)cc1. The lowest BCUT2D eigenvalue weighted by Crippen LogP contribution is -2.32. The van der Waals surface area contributed by atoms with Gasteiger partial charge in [0.05, 0.1) is 19.4 Å². The topological polar surface area (TPSA) is 57.2 Å². The predicted molar refractivity (Wildman–Crippen MR) is 103 cm³/mol. The Morgan fingerprint density at radius 1 is 1.07 bits per heavy atom. The summed E-state index contributed by atoms with van der Waals surface area (Å²) in [5.74, 6) is 3.64. The van der Waals surface area contributed by atoms with Crippen LogP contribution in [0.4, 0.5) is 0 Å². The van der Waals surface area contributed by atoms with Gasteiger partial charge in [-0.25, -0.2) is 0 Å². The first-order chi connectivity index (χ1) is 13.2. The third-order valence-corrected chi connectivity index (χ3v) is 5.74. The summed E-state index contributed by atoms with van der Waals surface area (Å²) in [5, 5.41) is -0.0345. The molecule has 6 nitrogen and oxygen atoms in total. The lowest BCUT2D eigenvalue weighted by molar-refractivity contribution is -0.128. The third kappa shape index (κ3) is 3.93. The summed E-state index contributed by atoms with van der Waals surface area (Å²) in [6, 6.07) is 13.3. The molecule has 142 valence electrons. The number of ether oxygens (including phenoxy) is 4. The maximum atomic E-state index is 12.3. The van der Waals surface area contributed by atoms with Crippen molar-refractivity contribution in [3.05, 3.63) is 48.0 Å². The Morgan fingerprint density at radius 2 is 1.81 bits per heavy atom. The fraction of sp³-hybridized carbons (Fsp3) is 0.350. The van der Waals surface area contributed by atoms with Crippen LogP contribution in [0.1, 0.15) is 10.9 Å². The van der Waals surface area contributed by atoms with Crippen molar-refractivity contribution in [1.82, 2.24) is 4.90 Å². The molecule has 1 amide bonds. The van der Waals surface area contributed by atoms with Gasteiger partial charge in [0.2, 0.25) is 5.91 Å². The summed E-state index contributed by atoms with van der Waals surface area (Å²) in [4.78, 5) is 14.2. The normalized spacial score (nSPS) is 18.5. The molecule has 0 aliphatic carbocycles. The molecule has 1 fully saturated rings. The molecule has 0 spiro atoms. The molecule has 27 heavy (non-hydrogen) atoms. The number of methoxy groups -OCH3 is 1. The zero-order chi connectivity index (χ0) is 18.6. The summed E-state index contributed by atoms with van der Waals surface area (Å²) < 4.78 is 22.2. The molecule has 2 heterocycles. The zero-order valence-corrected chi connectivity index (χ0v) is 15.9. The van der Waals surface area contributed by atoms with Crippen LogP contribution in [0.5, 0.6) is 23.0 Å². The average molecular weight is 387 g/mol. The van der Waals surface area contributed by atoms with E-state index >= 15 is 0 Å². The monoisotopic (exact) mass is 387 g/mol. The molecule has 0 saturated carbocycles. The largest absolute Gasteiger partial charge is 0.497 e. The molecule has 4 rings (SSSR count). The van der Waals surface area contributed by atoms with Crippen LogP contribution in [0.2, 0.25) is 0 Å². The number of rotatable bonds is 6. The Balaban J connectivity index is 1.40. The summed E-state index contributed by atoms with van der Waals surface area (Å²) in [6.45, 7) is 2.07. The molecule has 0 radical (unpaired) electrons. The Morgan fingerprint density at radius 3 is 2.59 bits per heavy atom. The highest BCUT2D eigenvalue weighted by Gasteiger charge is 2.33. The number of thioether (sulfide) groups is 1. The molecule has 1 atom stereocenters. The van der Waals surface area contributed by atoms with Crippen molar-refractivity contribution < 1.29 is 23.7 Å².